The van der Waals surface area contributed by atoms with E-state index in [-0.39, 0.29) is 11.7 Å². The van der Waals surface area contributed by atoms with E-state index >= 15 is 0 Å². The highest BCUT2D eigenvalue weighted by molar-refractivity contribution is 5.95. The zero-order chi connectivity index (χ0) is 18.2. The topological polar surface area (TPSA) is 91.5 Å². The largest absolute Gasteiger partial charge is 0.465 e. The maximum Gasteiger partial charge on any atom is 0.356 e. The molecule has 0 saturated carbocycles. The molecule has 2 N–H and O–H groups in total. The number of methoxy groups -OCH3 is 2. The van der Waals surface area contributed by atoms with Gasteiger partial charge in [0.1, 0.15) is 5.69 Å². The normalized spacial score (nSPS) is 11.6. The van der Waals surface area contributed by atoms with Crippen molar-refractivity contribution < 1.29 is 19.1 Å². The van der Waals surface area contributed by atoms with Crippen LogP contribution in [0.15, 0.2) is 42.6 Å². The van der Waals surface area contributed by atoms with Gasteiger partial charge in [0.25, 0.3) is 0 Å². The molecule has 1 heterocycles. The second-order valence-corrected chi connectivity index (χ2v) is 5.70. The number of esters is 2. The number of carbonyl (C=O) groups excluding carboxylic acids is 2. The average molecular weight is 342 g/mol. The van der Waals surface area contributed by atoms with Gasteiger partial charge in [-0.2, -0.15) is 0 Å². The highest BCUT2D eigenvalue weighted by Gasteiger charge is 2.18. The number of nitrogens with zero attached hydrogens (tertiary/aromatic N) is 1. The van der Waals surface area contributed by atoms with Gasteiger partial charge >= 0.3 is 11.9 Å². The Morgan fingerprint density at radius 2 is 1.80 bits per heavy atom. The minimum absolute atomic E-state index is 0.0480. The molecule has 0 aliphatic rings. The van der Waals surface area contributed by atoms with E-state index in [1.165, 1.54) is 32.0 Å². The van der Waals surface area contributed by atoms with Gasteiger partial charge < -0.3 is 15.2 Å². The zero-order valence-corrected chi connectivity index (χ0v) is 14.4. The number of carbonyl (C=O) groups is 2. The molecule has 0 amide bonds. The number of nitrogens with two attached hydrogens (primary N) is 1. The van der Waals surface area contributed by atoms with Crippen molar-refractivity contribution in [2.45, 2.75) is 25.3 Å². The van der Waals surface area contributed by atoms with Gasteiger partial charge in [0.05, 0.1) is 19.8 Å². The van der Waals surface area contributed by atoms with Crippen molar-refractivity contribution in [3.63, 3.8) is 0 Å². The van der Waals surface area contributed by atoms with Gasteiger partial charge in [0.2, 0.25) is 0 Å². The predicted molar refractivity (Wildman–Crippen MR) is 93.4 cm³/mol. The van der Waals surface area contributed by atoms with Crippen LogP contribution in [0.3, 0.4) is 0 Å². The lowest BCUT2D eigenvalue weighted by molar-refractivity contribution is 0.0593. The summed E-state index contributed by atoms with van der Waals surface area (Å²) in [5.41, 5.74) is 8.45. The molecule has 6 nitrogen and oxygen atoms in total. The maximum absolute atomic E-state index is 12.0. The van der Waals surface area contributed by atoms with E-state index in [9.17, 15) is 9.59 Å². The summed E-state index contributed by atoms with van der Waals surface area (Å²) in [5, 5.41) is 0. The molecule has 6 heteroatoms. The van der Waals surface area contributed by atoms with Crippen molar-refractivity contribution in [3.05, 3.63) is 65.0 Å². The second-order valence-electron chi connectivity index (χ2n) is 5.70. The van der Waals surface area contributed by atoms with E-state index < -0.39 is 11.9 Å². The highest BCUT2D eigenvalue weighted by atomic mass is 16.5. The first-order chi connectivity index (χ1) is 12.0. The van der Waals surface area contributed by atoms with Crippen LogP contribution in [0.4, 0.5) is 0 Å². The Morgan fingerprint density at radius 1 is 1.12 bits per heavy atom. The standard InChI is InChI=1S/C19H22N2O4/c1-24-18(22)16-11-17(19(23)25-2)21-12-14(16)8-9-15(20)10-13-6-4-3-5-7-13/h3-7,11-12,15H,8-10,20H2,1-2H3. The number of aromatic nitrogens is 1. The molecular formula is C19H22N2O4. The molecule has 1 aromatic heterocycles. The van der Waals surface area contributed by atoms with Crippen LogP contribution in [-0.4, -0.2) is 37.2 Å². The third-order valence-corrected chi connectivity index (χ3v) is 3.91. The molecule has 0 fully saturated rings. The summed E-state index contributed by atoms with van der Waals surface area (Å²) in [4.78, 5) is 27.7. The van der Waals surface area contributed by atoms with E-state index in [0.717, 1.165) is 6.42 Å². The van der Waals surface area contributed by atoms with Crippen molar-refractivity contribution in [1.29, 1.82) is 0 Å². The molecule has 2 rings (SSSR count). The summed E-state index contributed by atoms with van der Waals surface area (Å²) in [6.07, 6.45) is 3.50. The Morgan fingerprint density at radius 3 is 2.44 bits per heavy atom. The van der Waals surface area contributed by atoms with Crippen molar-refractivity contribution in [1.82, 2.24) is 4.98 Å². The molecule has 1 aromatic carbocycles. The van der Waals surface area contributed by atoms with E-state index in [0.29, 0.717) is 24.0 Å². The minimum Gasteiger partial charge on any atom is -0.465 e. The first-order valence-corrected chi connectivity index (χ1v) is 8.00. The first kappa shape index (κ1) is 18.6. The molecule has 0 saturated heterocycles. The fraction of sp³-hybridized carbons (Fsp3) is 0.316. The van der Waals surface area contributed by atoms with Crippen LogP contribution in [0, 0.1) is 0 Å². The third-order valence-electron chi connectivity index (χ3n) is 3.91. The Balaban J connectivity index is 2.09. The van der Waals surface area contributed by atoms with Gasteiger partial charge in [0, 0.05) is 12.2 Å². The minimum atomic E-state index is -0.600. The second kappa shape index (κ2) is 8.94. The fourth-order valence-corrected chi connectivity index (χ4v) is 2.56. The fourth-order valence-electron chi connectivity index (χ4n) is 2.56. The van der Waals surface area contributed by atoms with Crippen molar-refractivity contribution >= 4 is 11.9 Å². The summed E-state index contributed by atoms with van der Waals surface area (Å²) in [7, 11) is 2.56. The van der Waals surface area contributed by atoms with Crippen LogP contribution in [0.25, 0.3) is 0 Å². The van der Waals surface area contributed by atoms with Gasteiger partial charge in [-0.15, -0.1) is 0 Å². The van der Waals surface area contributed by atoms with Gasteiger partial charge in [0.15, 0.2) is 0 Å². The molecule has 0 spiro atoms. The summed E-state index contributed by atoms with van der Waals surface area (Å²) < 4.78 is 9.43. The quantitative estimate of drug-likeness (QED) is 0.775. The maximum atomic E-state index is 12.0. The van der Waals surface area contributed by atoms with Crippen LogP contribution in [-0.2, 0) is 22.3 Å². The van der Waals surface area contributed by atoms with E-state index in [4.69, 9.17) is 10.5 Å². The van der Waals surface area contributed by atoms with Crippen LogP contribution >= 0.6 is 0 Å². The number of pyridine rings is 1. The monoisotopic (exact) mass is 342 g/mol. The van der Waals surface area contributed by atoms with E-state index in [2.05, 4.69) is 9.72 Å². The predicted octanol–water partition coefficient (Wildman–Crippen LogP) is 2.16. The zero-order valence-electron chi connectivity index (χ0n) is 14.4. The van der Waals surface area contributed by atoms with E-state index in [1.54, 1.807) is 0 Å². The Hall–Kier alpha value is -2.73. The van der Waals surface area contributed by atoms with Gasteiger partial charge in [-0.25, -0.2) is 14.6 Å². The van der Waals surface area contributed by atoms with Crippen molar-refractivity contribution in [2.24, 2.45) is 5.73 Å². The number of hydrogen-bond donors (Lipinski definition) is 1. The SMILES string of the molecule is COC(=O)c1cc(C(=O)OC)c(CCC(N)Cc2ccccc2)cn1. The molecule has 132 valence electrons. The highest BCUT2D eigenvalue weighted by Crippen LogP contribution is 2.16. The van der Waals surface area contributed by atoms with Gasteiger partial charge in [-0.3, -0.25) is 0 Å². The lowest BCUT2D eigenvalue weighted by Crippen LogP contribution is -2.24. The lowest BCUT2D eigenvalue weighted by atomic mass is 9.98. The molecule has 25 heavy (non-hydrogen) atoms. The Labute approximate surface area is 147 Å². The Bertz CT molecular complexity index is 731. The number of hydrogen-bond acceptors (Lipinski definition) is 6. The summed E-state index contributed by atoms with van der Waals surface area (Å²) in [6, 6.07) is 11.3. The summed E-state index contributed by atoms with van der Waals surface area (Å²) in [6.45, 7) is 0. The number of rotatable bonds is 7. The molecule has 0 aliphatic heterocycles. The van der Waals surface area contributed by atoms with Crippen LogP contribution in [0.2, 0.25) is 0 Å². The number of aryl methyl sites for hydroxylation is 1. The van der Waals surface area contributed by atoms with Crippen LogP contribution in [0.1, 0.15) is 38.4 Å². The van der Waals surface area contributed by atoms with Gasteiger partial charge in [-0.1, -0.05) is 30.3 Å². The number of ether oxygens (including phenoxy) is 2. The molecule has 2 aromatic rings. The van der Waals surface area contributed by atoms with Crippen LogP contribution in [0.5, 0.6) is 0 Å². The summed E-state index contributed by atoms with van der Waals surface area (Å²) in [5.74, 6) is -1.11. The average Bonchev–Trinajstić information content (AvgIpc) is 2.65. The van der Waals surface area contributed by atoms with Gasteiger partial charge in [-0.05, 0) is 36.5 Å². The Kier molecular flexibility index (Phi) is 6.65. The van der Waals surface area contributed by atoms with E-state index in [1.807, 2.05) is 30.3 Å². The molecule has 1 unspecified atom stereocenters. The van der Waals surface area contributed by atoms with Crippen LogP contribution < -0.4 is 5.73 Å². The lowest BCUT2D eigenvalue weighted by Gasteiger charge is -2.13. The van der Waals surface area contributed by atoms with Crippen molar-refractivity contribution in [3.8, 4) is 0 Å². The van der Waals surface area contributed by atoms with Crippen molar-refractivity contribution in [2.75, 3.05) is 14.2 Å². The molecule has 0 aliphatic carbocycles. The smallest absolute Gasteiger partial charge is 0.356 e. The summed E-state index contributed by atoms with van der Waals surface area (Å²) >= 11 is 0. The molecule has 0 bridgehead atoms. The first-order valence-electron chi connectivity index (χ1n) is 8.00. The molecule has 1 atom stereocenters. The third kappa shape index (κ3) is 5.12. The number of benzene rings is 1. The molecule has 0 radical (unpaired) electrons. The molecular weight excluding hydrogens is 320 g/mol.